The van der Waals surface area contributed by atoms with Gasteiger partial charge in [-0.25, -0.2) is 9.97 Å². The quantitative estimate of drug-likeness (QED) is 0.639. The lowest BCUT2D eigenvalue weighted by Crippen LogP contribution is -2.26. The average Bonchev–Trinajstić information content (AvgIpc) is 2.23. The van der Waals surface area contributed by atoms with Crippen molar-refractivity contribution in [1.29, 1.82) is 0 Å². The van der Waals surface area contributed by atoms with E-state index in [2.05, 4.69) is 15.3 Å². The fraction of sp³-hybridized carbons (Fsp3) is 0.375. The van der Waals surface area contributed by atoms with Crippen molar-refractivity contribution in [3.63, 3.8) is 0 Å². The molecule has 0 saturated carbocycles. The van der Waals surface area contributed by atoms with Gasteiger partial charge in [0.2, 0.25) is 11.2 Å². The minimum absolute atomic E-state index is 0.0703. The number of anilines is 1. The molecule has 1 aromatic rings. The first-order valence-electron chi connectivity index (χ1n) is 3.86. The van der Waals surface area contributed by atoms with Crippen LogP contribution in [0.1, 0.15) is 19.4 Å². The Morgan fingerprint density at radius 1 is 1.54 bits per heavy atom. The molecule has 0 spiro atoms. The van der Waals surface area contributed by atoms with E-state index in [-0.39, 0.29) is 11.2 Å². The Morgan fingerprint density at radius 3 is 2.92 bits per heavy atom. The highest BCUT2D eigenvalue weighted by Crippen LogP contribution is 2.35. The maximum Gasteiger partial charge on any atom is 0.235 e. The van der Waals surface area contributed by atoms with Crippen molar-refractivity contribution in [2.45, 2.75) is 19.3 Å². The van der Waals surface area contributed by atoms with Crippen molar-refractivity contribution in [3.8, 4) is 0 Å². The van der Waals surface area contributed by atoms with Gasteiger partial charge in [-0.05, 0) is 25.4 Å². The number of carbonyl (C=O) groups excluding carboxylic acids is 1. The lowest BCUT2D eigenvalue weighted by Gasteiger charge is -2.13. The predicted molar refractivity (Wildman–Crippen MR) is 48.7 cm³/mol. The summed E-state index contributed by atoms with van der Waals surface area (Å²) < 4.78 is 0. The molecule has 1 aliphatic heterocycles. The maximum absolute atomic E-state index is 11.4. The molecular formula is C8H8ClN3O. The van der Waals surface area contributed by atoms with E-state index in [9.17, 15) is 4.79 Å². The number of hydrogen-bond acceptors (Lipinski definition) is 3. The Kier molecular flexibility index (Phi) is 1.57. The highest BCUT2D eigenvalue weighted by molar-refractivity contribution is 6.28. The van der Waals surface area contributed by atoms with Crippen LogP contribution >= 0.6 is 11.6 Å². The Bertz CT molecular complexity index is 389. The van der Waals surface area contributed by atoms with E-state index in [1.54, 1.807) is 6.20 Å². The molecule has 68 valence electrons. The van der Waals surface area contributed by atoms with Crippen molar-refractivity contribution >= 4 is 23.3 Å². The van der Waals surface area contributed by atoms with Crippen LogP contribution in [0.15, 0.2) is 6.20 Å². The van der Waals surface area contributed by atoms with Crippen LogP contribution in [0.3, 0.4) is 0 Å². The van der Waals surface area contributed by atoms with Crippen LogP contribution in [-0.4, -0.2) is 15.9 Å². The second-order valence-electron chi connectivity index (χ2n) is 3.48. The van der Waals surface area contributed by atoms with E-state index < -0.39 is 5.41 Å². The molecule has 1 amide bonds. The first-order valence-corrected chi connectivity index (χ1v) is 4.24. The minimum Gasteiger partial charge on any atom is -0.310 e. The fourth-order valence-corrected chi connectivity index (χ4v) is 1.43. The molecule has 0 fully saturated rings. The standard InChI is InChI=1S/C8H8ClN3O/c1-8(2)4-3-10-7(9)12-5(4)11-6(8)13/h3H,1-2H3,(H,10,11,12,13). The molecule has 0 unspecified atom stereocenters. The Labute approximate surface area is 80.3 Å². The summed E-state index contributed by atoms with van der Waals surface area (Å²) in [5.74, 6) is 0.453. The van der Waals surface area contributed by atoms with Crippen LogP contribution in [0.25, 0.3) is 0 Å². The number of rotatable bonds is 0. The van der Waals surface area contributed by atoms with Crippen molar-refractivity contribution in [1.82, 2.24) is 9.97 Å². The summed E-state index contributed by atoms with van der Waals surface area (Å²) in [4.78, 5) is 19.2. The fourth-order valence-electron chi connectivity index (χ4n) is 1.30. The molecule has 4 nitrogen and oxygen atoms in total. The van der Waals surface area contributed by atoms with E-state index in [0.717, 1.165) is 5.56 Å². The van der Waals surface area contributed by atoms with E-state index in [4.69, 9.17) is 11.6 Å². The number of nitrogens with one attached hydrogen (secondary N) is 1. The Morgan fingerprint density at radius 2 is 2.23 bits per heavy atom. The molecular weight excluding hydrogens is 190 g/mol. The third-order valence-corrected chi connectivity index (χ3v) is 2.41. The summed E-state index contributed by atoms with van der Waals surface area (Å²) in [7, 11) is 0. The summed E-state index contributed by atoms with van der Waals surface area (Å²) >= 11 is 5.59. The van der Waals surface area contributed by atoms with Crippen molar-refractivity contribution < 1.29 is 4.79 Å². The maximum atomic E-state index is 11.4. The van der Waals surface area contributed by atoms with Gasteiger partial charge in [0.15, 0.2) is 0 Å². The number of fused-ring (bicyclic) bond motifs is 1. The first kappa shape index (κ1) is 8.44. The predicted octanol–water partition coefficient (Wildman–Crippen LogP) is 1.36. The van der Waals surface area contributed by atoms with Crippen LogP contribution in [0.2, 0.25) is 5.28 Å². The van der Waals surface area contributed by atoms with Gasteiger partial charge >= 0.3 is 0 Å². The Hall–Kier alpha value is -1.16. The molecule has 13 heavy (non-hydrogen) atoms. The zero-order chi connectivity index (χ0) is 9.64. The van der Waals surface area contributed by atoms with Crippen molar-refractivity contribution in [3.05, 3.63) is 17.0 Å². The normalized spacial score (nSPS) is 18.2. The summed E-state index contributed by atoms with van der Waals surface area (Å²) in [6, 6.07) is 0. The molecule has 1 aromatic heterocycles. The van der Waals surface area contributed by atoms with Gasteiger partial charge in [-0.3, -0.25) is 4.79 Å². The lowest BCUT2D eigenvalue weighted by molar-refractivity contribution is -0.119. The molecule has 1 N–H and O–H groups in total. The van der Waals surface area contributed by atoms with Gasteiger partial charge in [-0.1, -0.05) is 0 Å². The average molecular weight is 198 g/mol. The molecule has 0 atom stereocenters. The molecule has 0 saturated heterocycles. The number of carbonyl (C=O) groups is 1. The molecule has 5 heteroatoms. The van der Waals surface area contributed by atoms with Gasteiger partial charge in [-0.15, -0.1) is 0 Å². The van der Waals surface area contributed by atoms with Gasteiger partial charge in [0, 0.05) is 11.8 Å². The number of halogens is 1. The number of aromatic nitrogens is 2. The molecule has 0 bridgehead atoms. The van der Waals surface area contributed by atoms with Crippen LogP contribution in [0, 0.1) is 0 Å². The SMILES string of the molecule is CC1(C)C(=O)Nc2nc(Cl)ncc21. The lowest BCUT2D eigenvalue weighted by atomic mass is 9.88. The number of nitrogens with zero attached hydrogens (tertiary/aromatic N) is 2. The minimum atomic E-state index is -0.556. The van der Waals surface area contributed by atoms with Crippen LogP contribution in [-0.2, 0) is 10.2 Å². The summed E-state index contributed by atoms with van der Waals surface area (Å²) in [6.45, 7) is 3.65. The van der Waals surface area contributed by atoms with E-state index in [1.165, 1.54) is 0 Å². The molecule has 0 aliphatic carbocycles. The van der Waals surface area contributed by atoms with E-state index in [1.807, 2.05) is 13.8 Å². The topological polar surface area (TPSA) is 54.9 Å². The first-order chi connectivity index (χ1) is 6.01. The second-order valence-corrected chi connectivity index (χ2v) is 3.82. The van der Waals surface area contributed by atoms with Crippen LogP contribution < -0.4 is 5.32 Å². The van der Waals surface area contributed by atoms with E-state index >= 15 is 0 Å². The largest absolute Gasteiger partial charge is 0.310 e. The van der Waals surface area contributed by atoms with Gasteiger partial charge in [0.25, 0.3) is 0 Å². The van der Waals surface area contributed by atoms with Gasteiger partial charge in [0.05, 0.1) is 5.41 Å². The molecule has 0 aromatic carbocycles. The van der Waals surface area contributed by atoms with Crippen LogP contribution in [0.4, 0.5) is 5.82 Å². The second kappa shape index (κ2) is 2.42. The third-order valence-electron chi connectivity index (χ3n) is 2.23. The smallest absolute Gasteiger partial charge is 0.235 e. The highest BCUT2D eigenvalue weighted by atomic mass is 35.5. The zero-order valence-corrected chi connectivity index (χ0v) is 8.01. The van der Waals surface area contributed by atoms with Crippen molar-refractivity contribution in [2.75, 3.05) is 5.32 Å². The monoisotopic (exact) mass is 197 g/mol. The van der Waals surface area contributed by atoms with Gasteiger partial charge in [0.1, 0.15) is 5.82 Å². The molecule has 0 radical (unpaired) electrons. The highest BCUT2D eigenvalue weighted by Gasteiger charge is 2.39. The molecule has 1 aliphatic rings. The summed E-state index contributed by atoms with van der Waals surface area (Å²) in [6.07, 6.45) is 1.59. The van der Waals surface area contributed by atoms with Gasteiger partial charge < -0.3 is 5.32 Å². The van der Waals surface area contributed by atoms with Crippen molar-refractivity contribution in [2.24, 2.45) is 0 Å². The third kappa shape index (κ3) is 1.09. The molecule has 2 heterocycles. The molecule has 2 rings (SSSR count). The van der Waals surface area contributed by atoms with E-state index in [0.29, 0.717) is 5.82 Å². The summed E-state index contributed by atoms with van der Waals surface area (Å²) in [5.41, 5.74) is 0.238. The Balaban J connectivity index is 2.62. The van der Waals surface area contributed by atoms with Gasteiger partial charge in [-0.2, -0.15) is 0 Å². The van der Waals surface area contributed by atoms with Crippen LogP contribution in [0.5, 0.6) is 0 Å². The number of amides is 1. The summed E-state index contributed by atoms with van der Waals surface area (Å²) in [5, 5.41) is 2.80. The zero-order valence-electron chi connectivity index (χ0n) is 7.26. The number of hydrogen-bond donors (Lipinski definition) is 1.